The number of hydrogen-bond donors (Lipinski definition) is 0. The maximum Gasteiger partial charge on any atom is 0.0449 e. The highest BCUT2D eigenvalue weighted by atomic mass is 32.1. The maximum absolute atomic E-state index is 2.26. The molecule has 0 radical (unpaired) electrons. The zero-order valence-electron chi connectivity index (χ0n) is 12.8. The van der Waals surface area contributed by atoms with Crippen LogP contribution in [0.5, 0.6) is 0 Å². The summed E-state index contributed by atoms with van der Waals surface area (Å²) < 4.78 is 0. The molecule has 0 atom stereocenters. The van der Waals surface area contributed by atoms with Gasteiger partial charge in [0.15, 0.2) is 0 Å². The monoisotopic (exact) mass is 322 g/mol. The van der Waals surface area contributed by atoms with Crippen molar-refractivity contribution in [1.29, 1.82) is 0 Å². The summed E-state index contributed by atoms with van der Waals surface area (Å²) in [4.78, 5) is 5.49. The van der Waals surface area contributed by atoms with Crippen molar-refractivity contribution in [3.8, 4) is 19.5 Å². The molecule has 0 aromatic carbocycles. The Hall–Kier alpha value is -0.900. The van der Waals surface area contributed by atoms with Crippen molar-refractivity contribution < 1.29 is 0 Å². The van der Waals surface area contributed by atoms with Crippen LogP contribution in [0.2, 0.25) is 0 Å². The zero-order valence-corrected chi connectivity index (χ0v) is 15.2. The van der Waals surface area contributed by atoms with Crippen molar-refractivity contribution in [3.63, 3.8) is 0 Å². The number of hydrogen-bond acceptors (Lipinski definition) is 3. The highest BCUT2D eigenvalue weighted by Gasteiger charge is 2.06. The molecule has 0 saturated carbocycles. The lowest BCUT2D eigenvalue weighted by molar-refractivity contribution is 1.50. The molecule has 0 amide bonds. The molecule has 0 saturated heterocycles. The van der Waals surface area contributed by atoms with Crippen LogP contribution in [0, 0.1) is 6.92 Å². The summed E-state index contributed by atoms with van der Waals surface area (Å²) in [6, 6.07) is 11.0. The van der Waals surface area contributed by atoms with Gasteiger partial charge in [0, 0.05) is 19.5 Å². The Morgan fingerprint density at radius 3 is 1.90 bits per heavy atom. The highest BCUT2D eigenvalue weighted by molar-refractivity contribution is 7.25. The van der Waals surface area contributed by atoms with Gasteiger partial charge in [-0.25, -0.2) is 0 Å². The highest BCUT2D eigenvalue weighted by Crippen LogP contribution is 2.38. The number of aryl methyl sites for hydroxylation is 1. The Kier molecular flexibility index (Phi) is 7.82. The van der Waals surface area contributed by atoms with Crippen LogP contribution in [-0.2, 0) is 0 Å². The van der Waals surface area contributed by atoms with E-state index in [4.69, 9.17) is 0 Å². The fourth-order valence-corrected chi connectivity index (χ4v) is 4.42. The van der Waals surface area contributed by atoms with Crippen molar-refractivity contribution in [2.75, 3.05) is 0 Å². The summed E-state index contributed by atoms with van der Waals surface area (Å²) in [5.74, 6) is 0. The average Bonchev–Trinajstić information content (AvgIpc) is 3.23. The first-order chi connectivity index (χ1) is 9.83. The van der Waals surface area contributed by atoms with Crippen molar-refractivity contribution in [3.05, 3.63) is 46.7 Å². The topological polar surface area (TPSA) is 0 Å². The maximum atomic E-state index is 2.26. The summed E-state index contributed by atoms with van der Waals surface area (Å²) in [5, 5.41) is 4.34. The molecule has 108 valence electrons. The molecule has 3 aromatic rings. The van der Waals surface area contributed by atoms with Gasteiger partial charge < -0.3 is 0 Å². The molecule has 20 heavy (non-hydrogen) atoms. The summed E-state index contributed by atoms with van der Waals surface area (Å²) in [6.45, 7) is 10.1. The van der Waals surface area contributed by atoms with Gasteiger partial charge in [0.25, 0.3) is 0 Å². The zero-order chi connectivity index (χ0) is 15.0. The predicted molar refractivity (Wildman–Crippen MR) is 98.4 cm³/mol. The van der Waals surface area contributed by atoms with Gasteiger partial charge in [-0.1, -0.05) is 33.8 Å². The quantitative estimate of drug-likeness (QED) is 0.456. The van der Waals surface area contributed by atoms with Gasteiger partial charge in [-0.05, 0) is 47.5 Å². The van der Waals surface area contributed by atoms with E-state index in [-0.39, 0.29) is 0 Å². The van der Waals surface area contributed by atoms with E-state index in [1.54, 1.807) is 11.3 Å². The Balaban J connectivity index is 0.000000461. The molecule has 0 bridgehead atoms. The molecule has 0 unspecified atom stereocenters. The van der Waals surface area contributed by atoms with Gasteiger partial charge in [-0.2, -0.15) is 0 Å². The fraction of sp³-hybridized carbons (Fsp3) is 0.294. The van der Waals surface area contributed by atoms with Crippen LogP contribution in [0.25, 0.3) is 19.5 Å². The van der Waals surface area contributed by atoms with Crippen molar-refractivity contribution in [2.24, 2.45) is 0 Å². The van der Waals surface area contributed by atoms with E-state index in [1.807, 2.05) is 50.4 Å². The van der Waals surface area contributed by atoms with E-state index >= 15 is 0 Å². The Morgan fingerprint density at radius 2 is 1.40 bits per heavy atom. The third kappa shape index (κ3) is 4.30. The van der Waals surface area contributed by atoms with Crippen molar-refractivity contribution >= 4 is 34.0 Å². The van der Waals surface area contributed by atoms with E-state index in [2.05, 4.69) is 48.0 Å². The lowest BCUT2D eigenvalue weighted by Gasteiger charge is -1.89. The average molecular weight is 323 g/mol. The lowest BCUT2D eigenvalue weighted by atomic mass is 10.3. The molecule has 3 aromatic heterocycles. The SMILES string of the molecule is CC.CC.Cc1csc(-c2ccc(-c3cccs3)s2)c1. The summed E-state index contributed by atoms with van der Waals surface area (Å²) >= 11 is 5.51. The molecule has 3 heteroatoms. The van der Waals surface area contributed by atoms with E-state index in [1.165, 1.54) is 25.1 Å². The first kappa shape index (κ1) is 17.2. The van der Waals surface area contributed by atoms with Gasteiger partial charge in [-0.3, -0.25) is 0 Å². The molecule has 0 N–H and O–H groups in total. The van der Waals surface area contributed by atoms with Crippen LogP contribution in [0.1, 0.15) is 33.3 Å². The molecule has 0 fully saturated rings. The van der Waals surface area contributed by atoms with Crippen LogP contribution < -0.4 is 0 Å². The third-order valence-corrected chi connectivity index (χ3v) is 5.74. The first-order valence-electron chi connectivity index (χ1n) is 7.02. The number of rotatable bonds is 2. The minimum absolute atomic E-state index is 1.35. The minimum atomic E-state index is 1.35. The van der Waals surface area contributed by atoms with Gasteiger partial charge in [0.1, 0.15) is 0 Å². The Bertz CT molecular complexity index is 585. The molecule has 0 nitrogen and oxygen atoms in total. The second-order valence-electron chi connectivity index (χ2n) is 3.63. The fourth-order valence-electron chi connectivity index (χ4n) is 1.58. The molecule has 3 heterocycles. The molecule has 0 aliphatic rings. The molecule has 3 rings (SSSR count). The van der Waals surface area contributed by atoms with E-state index in [0.29, 0.717) is 0 Å². The molecule has 0 aliphatic carbocycles. The van der Waals surface area contributed by atoms with Crippen molar-refractivity contribution in [2.45, 2.75) is 34.6 Å². The van der Waals surface area contributed by atoms with Gasteiger partial charge in [0.05, 0.1) is 0 Å². The third-order valence-electron chi connectivity index (χ3n) is 2.34. The van der Waals surface area contributed by atoms with E-state index < -0.39 is 0 Å². The molecule has 0 aliphatic heterocycles. The summed E-state index contributed by atoms with van der Waals surface area (Å²) in [5.41, 5.74) is 1.35. The predicted octanol–water partition coefficient (Wildman–Crippen LogP) is 7.57. The molecule has 0 spiro atoms. The largest absolute Gasteiger partial charge is 0.143 e. The standard InChI is InChI=1S/C13H10S3.2C2H6/c1-9-7-13(15-8-9)12-5-4-11(16-12)10-3-2-6-14-10;2*1-2/h2-8H,1H3;2*1-2H3. The number of thiophene rings is 3. The van der Waals surface area contributed by atoms with E-state index in [0.717, 1.165) is 0 Å². The minimum Gasteiger partial charge on any atom is -0.143 e. The van der Waals surface area contributed by atoms with Crippen LogP contribution in [0.4, 0.5) is 0 Å². The summed E-state index contributed by atoms with van der Waals surface area (Å²) in [7, 11) is 0. The van der Waals surface area contributed by atoms with Crippen molar-refractivity contribution in [1.82, 2.24) is 0 Å². The first-order valence-corrected chi connectivity index (χ1v) is 9.60. The van der Waals surface area contributed by atoms with Crippen LogP contribution in [0.15, 0.2) is 41.1 Å². The smallest absolute Gasteiger partial charge is 0.0449 e. The van der Waals surface area contributed by atoms with Crippen LogP contribution in [-0.4, -0.2) is 0 Å². The second-order valence-corrected chi connectivity index (χ2v) is 6.57. The van der Waals surface area contributed by atoms with Gasteiger partial charge >= 0.3 is 0 Å². The molecular formula is C17H22S3. The van der Waals surface area contributed by atoms with Crippen LogP contribution in [0.3, 0.4) is 0 Å². The molecular weight excluding hydrogens is 300 g/mol. The Morgan fingerprint density at radius 1 is 0.750 bits per heavy atom. The normalized spacial score (nSPS) is 9.25. The Labute approximate surface area is 134 Å². The second kappa shape index (κ2) is 9.11. The summed E-state index contributed by atoms with van der Waals surface area (Å²) in [6.07, 6.45) is 0. The van der Waals surface area contributed by atoms with Crippen LogP contribution >= 0.6 is 34.0 Å². The van der Waals surface area contributed by atoms with Gasteiger partial charge in [-0.15, -0.1) is 34.0 Å². The van der Waals surface area contributed by atoms with E-state index in [9.17, 15) is 0 Å². The van der Waals surface area contributed by atoms with Gasteiger partial charge in [0.2, 0.25) is 0 Å². The lowest BCUT2D eigenvalue weighted by Crippen LogP contribution is -1.59.